The van der Waals surface area contributed by atoms with Crippen LogP contribution in [-0.2, 0) is 6.54 Å². The molecule has 1 amide bonds. The third-order valence-corrected chi connectivity index (χ3v) is 3.17. The molecule has 0 radical (unpaired) electrons. The maximum atomic E-state index is 11.8. The molecule has 0 fully saturated rings. The first-order chi connectivity index (χ1) is 9.29. The van der Waals surface area contributed by atoms with Crippen molar-refractivity contribution in [3.05, 3.63) is 45.9 Å². The van der Waals surface area contributed by atoms with Crippen molar-refractivity contribution in [2.24, 2.45) is 0 Å². The Kier molecular flexibility index (Phi) is 4.61. The summed E-state index contributed by atoms with van der Waals surface area (Å²) >= 11 is 1.51. The molecule has 2 N–H and O–H groups in total. The van der Waals surface area contributed by atoms with Crippen molar-refractivity contribution in [2.45, 2.75) is 6.54 Å². The molecule has 5 nitrogen and oxygen atoms in total. The minimum absolute atomic E-state index is 0.156. The topological polar surface area (TPSA) is 75.1 Å². The fraction of sp³-hybridized carbons (Fsp3) is 0.154. The maximum Gasteiger partial charge on any atom is 0.253 e. The van der Waals surface area contributed by atoms with E-state index in [-0.39, 0.29) is 12.5 Å². The zero-order valence-electron chi connectivity index (χ0n) is 9.96. The number of aromatic nitrogens is 2. The highest BCUT2D eigenvalue weighted by Gasteiger charge is 2.05. The van der Waals surface area contributed by atoms with Crippen molar-refractivity contribution in [2.75, 3.05) is 6.61 Å². The Bertz CT molecular complexity index is 614. The number of rotatable bonds is 3. The first-order valence-electron chi connectivity index (χ1n) is 5.51. The van der Waals surface area contributed by atoms with Gasteiger partial charge < -0.3 is 10.4 Å². The van der Waals surface area contributed by atoms with Crippen LogP contribution in [0.1, 0.15) is 20.8 Å². The lowest BCUT2D eigenvalue weighted by atomic mass is 10.3. The molecule has 0 aliphatic rings. The Labute approximate surface area is 114 Å². The minimum atomic E-state index is -0.189. The summed E-state index contributed by atoms with van der Waals surface area (Å²) in [7, 11) is 0. The molecule has 0 aliphatic carbocycles. The number of amides is 1. The van der Waals surface area contributed by atoms with Crippen LogP contribution in [0.15, 0.2) is 29.9 Å². The summed E-state index contributed by atoms with van der Waals surface area (Å²) in [5, 5.41) is 20.5. The molecule has 2 heterocycles. The largest absolute Gasteiger partial charge is 0.384 e. The van der Waals surface area contributed by atoms with E-state index in [1.54, 1.807) is 6.07 Å². The van der Waals surface area contributed by atoms with E-state index in [0.29, 0.717) is 12.1 Å². The molecule has 0 aliphatic heterocycles. The first-order valence-corrected chi connectivity index (χ1v) is 6.39. The van der Waals surface area contributed by atoms with Gasteiger partial charge in [0.2, 0.25) is 0 Å². The molecule has 2 aromatic heterocycles. The predicted octanol–water partition coefficient (Wildman–Crippen LogP) is 0.812. The predicted molar refractivity (Wildman–Crippen MR) is 71.5 cm³/mol. The van der Waals surface area contributed by atoms with Crippen molar-refractivity contribution in [3.63, 3.8) is 0 Å². The third kappa shape index (κ3) is 3.88. The fourth-order valence-corrected chi connectivity index (χ4v) is 2.13. The summed E-state index contributed by atoms with van der Waals surface area (Å²) in [6, 6.07) is 3.49. The van der Waals surface area contributed by atoms with E-state index in [9.17, 15) is 4.79 Å². The van der Waals surface area contributed by atoms with Crippen LogP contribution in [0.4, 0.5) is 0 Å². The lowest BCUT2D eigenvalue weighted by molar-refractivity contribution is 0.0950. The second-order valence-corrected chi connectivity index (χ2v) is 4.57. The Morgan fingerprint density at radius 3 is 3.11 bits per heavy atom. The van der Waals surface area contributed by atoms with Crippen molar-refractivity contribution in [1.82, 2.24) is 15.5 Å². The van der Waals surface area contributed by atoms with Crippen LogP contribution in [0.3, 0.4) is 0 Å². The van der Waals surface area contributed by atoms with Gasteiger partial charge in [-0.15, -0.1) is 11.3 Å². The molecule has 19 heavy (non-hydrogen) atoms. The molecule has 0 bridgehead atoms. The van der Waals surface area contributed by atoms with Crippen LogP contribution < -0.4 is 5.32 Å². The Morgan fingerprint density at radius 1 is 1.47 bits per heavy atom. The van der Waals surface area contributed by atoms with Crippen LogP contribution in [0.25, 0.3) is 0 Å². The molecule has 0 atom stereocenters. The monoisotopic (exact) mass is 273 g/mol. The van der Waals surface area contributed by atoms with Crippen molar-refractivity contribution in [1.29, 1.82) is 0 Å². The van der Waals surface area contributed by atoms with Crippen LogP contribution >= 0.6 is 11.3 Å². The normalized spacial score (nSPS) is 9.53. The van der Waals surface area contributed by atoms with Crippen molar-refractivity contribution >= 4 is 17.2 Å². The summed E-state index contributed by atoms with van der Waals surface area (Å²) in [6.07, 6.45) is 2.89. The highest BCUT2D eigenvalue weighted by Crippen LogP contribution is 2.13. The Hall–Kier alpha value is -2.23. The van der Waals surface area contributed by atoms with Gasteiger partial charge in [-0.05, 0) is 12.1 Å². The van der Waals surface area contributed by atoms with Crippen LogP contribution in [0.2, 0.25) is 0 Å². The smallest absolute Gasteiger partial charge is 0.253 e. The molecule has 2 rings (SSSR count). The number of aliphatic hydroxyl groups is 1. The van der Waals surface area contributed by atoms with Gasteiger partial charge >= 0.3 is 0 Å². The molecule has 0 saturated heterocycles. The highest BCUT2D eigenvalue weighted by molar-refractivity contribution is 7.10. The van der Waals surface area contributed by atoms with Crippen LogP contribution in [0.5, 0.6) is 0 Å². The lowest BCUT2D eigenvalue weighted by Crippen LogP contribution is -2.22. The van der Waals surface area contributed by atoms with E-state index in [1.165, 1.54) is 23.7 Å². The molecular formula is C13H11N3O2S. The average Bonchev–Trinajstić information content (AvgIpc) is 2.91. The zero-order valence-corrected chi connectivity index (χ0v) is 10.8. The maximum absolute atomic E-state index is 11.8. The van der Waals surface area contributed by atoms with E-state index in [0.717, 1.165) is 10.4 Å². The molecule has 0 saturated carbocycles. The van der Waals surface area contributed by atoms with E-state index in [1.807, 2.05) is 11.4 Å². The summed E-state index contributed by atoms with van der Waals surface area (Å²) in [5.41, 5.74) is 1.32. The zero-order chi connectivity index (χ0) is 13.5. The number of carbonyl (C=O) groups excluding carboxylic acids is 1. The Balaban J connectivity index is 1.92. The molecule has 2 aromatic rings. The van der Waals surface area contributed by atoms with Gasteiger partial charge in [-0.3, -0.25) is 4.79 Å². The van der Waals surface area contributed by atoms with E-state index < -0.39 is 0 Å². The summed E-state index contributed by atoms with van der Waals surface area (Å²) in [4.78, 5) is 12.8. The van der Waals surface area contributed by atoms with E-state index in [2.05, 4.69) is 27.4 Å². The number of carbonyl (C=O) groups is 1. The first kappa shape index (κ1) is 13.2. The van der Waals surface area contributed by atoms with Gasteiger partial charge in [-0.1, -0.05) is 11.8 Å². The molecular weight excluding hydrogens is 262 g/mol. The van der Waals surface area contributed by atoms with Gasteiger partial charge in [0.05, 0.1) is 24.5 Å². The number of hydrogen-bond acceptors (Lipinski definition) is 5. The minimum Gasteiger partial charge on any atom is -0.384 e. The van der Waals surface area contributed by atoms with Crippen LogP contribution in [-0.4, -0.2) is 27.8 Å². The molecule has 0 aromatic carbocycles. The van der Waals surface area contributed by atoms with Crippen molar-refractivity contribution < 1.29 is 9.90 Å². The fourth-order valence-electron chi connectivity index (χ4n) is 1.37. The van der Waals surface area contributed by atoms with E-state index in [4.69, 9.17) is 5.11 Å². The second-order valence-electron chi connectivity index (χ2n) is 3.58. The average molecular weight is 273 g/mol. The molecule has 6 heteroatoms. The number of nitrogens with one attached hydrogen (secondary N) is 1. The summed E-state index contributed by atoms with van der Waals surface area (Å²) in [5.74, 6) is 5.20. The highest BCUT2D eigenvalue weighted by atomic mass is 32.1. The SMILES string of the molecule is O=C(NCc1cc(C#CCO)cs1)c1ccnnc1. The Morgan fingerprint density at radius 2 is 2.37 bits per heavy atom. The molecule has 0 unspecified atom stereocenters. The second kappa shape index (κ2) is 6.64. The quantitative estimate of drug-likeness (QED) is 0.812. The summed E-state index contributed by atoms with van der Waals surface area (Å²) < 4.78 is 0. The van der Waals surface area contributed by atoms with Gasteiger partial charge in [0.1, 0.15) is 6.61 Å². The van der Waals surface area contributed by atoms with Gasteiger partial charge in [-0.25, -0.2) is 0 Å². The van der Waals surface area contributed by atoms with Gasteiger partial charge in [-0.2, -0.15) is 10.2 Å². The number of thiophene rings is 1. The number of nitrogens with zero attached hydrogens (tertiary/aromatic N) is 2. The molecule has 0 spiro atoms. The van der Waals surface area contributed by atoms with Crippen molar-refractivity contribution in [3.8, 4) is 11.8 Å². The summed E-state index contributed by atoms with van der Waals surface area (Å²) in [6.45, 7) is 0.281. The molecule has 96 valence electrons. The van der Waals surface area contributed by atoms with Gasteiger partial charge in [0.15, 0.2) is 0 Å². The van der Waals surface area contributed by atoms with E-state index >= 15 is 0 Å². The third-order valence-electron chi connectivity index (χ3n) is 2.24. The van der Waals surface area contributed by atoms with Crippen LogP contribution in [0, 0.1) is 11.8 Å². The van der Waals surface area contributed by atoms with Gasteiger partial charge in [0.25, 0.3) is 5.91 Å². The lowest BCUT2D eigenvalue weighted by Gasteiger charge is -2.02. The number of aliphatic hydroxyl groups excluding tert-OH is 1. The standard InChI is InChI=1S/C13H11N3O2S/c17-5-1-2-10-6-12(19-9-10)8-14-13(18)11-3-4-15-16-7-11/h3-4,6-7,9,17H,5,8H2,(H,14,18). The van der Waals surface area contributed by atoms with Gasteiger partial charge in [0, 0.05) is 15.8 Å². The number of hydrogen-bond donors (Lipinski definition) is 2.